The molecule has 1 saturated carbocycles. The molecule has 1 aliphatic carbocycles. The zero-order chi connectivity index (χ0) is 11.3. The van der Waals surface area contributed by atoms with Crippen LogP contribution in [0.15, 0.2) is 11.8 Å². The van der Waals surface area contributed by atoms with Crippen LogP contribution < -0.4 is 5.32 Å². The van der Waals surface area contributed by atoms with E-state index in [-0.39, 0.29) is 0 Å². The van der Waals surface area contributed by atoms with E-state index in [9.17, 15) is 0 Å². The molecule has 0 saturated heterocycles. The van der Waals surface area contributed by atoms with Crippen molar-refractivity contribution in [2.75, 3.05) is 0 Å². The van der Waals surface area contributed by atoms with Crippen molar-refractivity contribution in [3.05, 3.63) is 11.8 Å². The third kappa shape index (κ3) is 3.25. The molecule has 0 bridgehead atoms. The SMILES string of the molecule is CC.CC1=CNC(C2CCC2)C(C)CC1. The monoisotopic (exact) mass is 209 g/mol. The molecule has 0 spiro atoms. The molecule has 0 aromatic carbocycles. The van der Waals surface area contributed by atoms with Gasteiger partial charge >= 0.3 is 0 Å². The van der Waals surface area contributed by atoms with E-state index in [0.717, 1.165) is 17.9 Å². The van der Waals surface area contributed by atoms with Crippen molar-refractivity contribution < 1.29 is 0 Å². The Hall–Kier alpha value is -0.460. The van der Waals surface area contributed by atoms with Crippen LogP contribution in [0.25, 0.3) is 0 Å². The van der Waals surface area contributed by atoms with Crippen molar-refractivity contribution in [3.63, 3.8) is 0 Å². The second-order valence-corrected chi connectivity index (χ2v) is 4.89. The Balaban J connectivity index is 0.000000531. The molecule has 1 aliphatic heterocycles. The van der Waals surface area contributed by atoms with Crippen molar-refractivity contribution in [1.82, 2.24) is 5.32 Å². The van der Waals surface area contributed by atoms with E-state index in [1.165, 1.54) is 37.7 Å². The Labute approximate surface area is 95.3 Å². The zero-order valence-corrected chi connectivity index (χ0v) is 10.8. The number of nitrogens with one attached hydrogen (secondary N) is 1. The van der Waals surface area contributed by atoms with Gasteiger partial charge in [-0.25, -0.2) is 0 Å². The van der Waals surface area contributed by atoms with Crippen LogP contribution in [0.4, 0.5) is 0 Å². The van der Waals surface area contributed by atoms with Gasteiger partial charge in [-0.15, -0.1) is 0 Å². The van der Waals surface area contributed by atoms with Crippen molar-refractivity contribution in [2.24, 2.45) is 11.8 Å². The second-order valence-electron chi connectivity index (χ2n) is 4.89. The van der Waals surface area contributed by atoms with E-state index in [1.54, 1.807) is 0 Å². The lowest BCUT2D eigenvalue weighted by Crippen LogP contribution is -2.41. The van der Waals surface area contributed by atoms with Gasteiger partial charge < -0.3 is 5.32 Å². The number of allylic oxidation sites excluding steroid dienone is 1. The highest BCUT2D eigenvalue weighted by molar-refractivity contribution is 5.03. The van der Waals surface area contributed by atoms with Gasteiger partial charge in [0.05, 0.1) is 0 Å². The molecular formula is C14H27N. The first-order valence-corrected chi connectivity index (χ1v) is 6.69. The average Bonchev–Trinajstić information content (AvgIpc) is 2.34. The molecule has 2 aliphatic rings. The fourth-order valence-corrected chi connectivity index (χ4v) is 2.51. The van der Waals surface area contributed by atoms with Gasteiger partial charge in [0.1, 0.15) is 0 Å². The molecule has 0 radical (unpaired) electrons. The number of rotatable bonds is 1. The lowest BCUT2D eigenvalue weighted by Gasteiger charge is -2.37. The van der Waals surface area contributed by atoms with Gasteiger partial charge in [-0.05, 0) is 50.6 Å². The molecule has 0 amide bonds. The smallest absolute Gasteiger partial charge is 0.0309 e. The highest BCUT2D eigenvalue weighted by atomic mass is 14.9. The van der Waals surface area contributed by atoms with Crippen molar-refractivity contribution in [3.8, 4) is 0 Å². The van der Waals surface area contributed by atoms with Crippen LogP contribution in [-0.4, -0.2) is 6.04 Å². The zero-order valence-electron chi connectivity index (χ0n) is 10.8. The quantitative estimate of drug-likeness (QED) is 0.685. The first kappa shape index (κ1) is 12.6. The first-order valence-electron chi connectivity index (χ1n) is 6.69. The van der Waals surface area contributed by atoms with Crippen molar-refractivity contribution in [1.29, 1.82) is 0 Å². The lowest BCUT2D eigenvalue weighted by atomic mass is 9.74. The standard InChI is InChI=1S/C12H21N.C2H6/c1-9-6-7-10(2)12(13-8-9)11-4-3-5-11;1-2/h8,10-13H,3-7H2,1-2H3;1-2H3. The fraction of sp³-hybridized carbons (Fsp3) is 0.857. The summed E-state index contributed by atoms with van der Waals surface area (Å²) in [5.41, 5.74) is 1.52. The van der Waals surface area contributed by atoms with Gasteiger partial charge in [0.25, 0.3) is 0 Å². The largest absolute Gasteiger partial charge is 0.388 e. The van der Waals surface area contributed by atoms with Crippen LogP contribution in [0.3, 0.4) is 0 Å². The van der Waals surface area contributed by atoms with E-state index in [4.69, 9.17) is 0 Å². The van der Waals surface area contributed by atoms with Crippen LogP contribution in [0, 0.1) is 11.8 Å². The molecule has 2 unspecified atom stereocenters. The molecule has 2 atom stereocenters. The van der Waals surface area contributed by atoms with Crippen LogP contribution in [0.2, 0.25) is 0 Å². The Morgan fingerprint density at radius 3 is 2.40 bits per heavy atom. The van der Waals surface area contributed by atoms with E-state index in [1.807, 2.05) is 13.8 Å². The van der Waals surface area contributed by atoms with E-state index in [0.29, 0.717) is 0 Å². The van der Waals surface area contributed by atoms with Crippen molar-refractivity contribution in [2.45, 2.75) is 65.8 Å². The molecule has 2 rings (SSSR count). The maximum Gasteiger partial charge on any atom is 0.0309 e. The molecule has 0 aromatic rings. The summed E-state index contributed by atoms with van der Waals surface area (Å²) in [6.45, 7) is 8.64. The summed E-state index contributed by atoms with van der Waals surface area (Å²) < 4.78 is 0. The van der Waals surface area contributed by atoms with Crippen LogP contribution in [0.5, 0.6) is 0 Å². The lowest BCUT2D eigenvalue weighted by molar-refractivity contribution is 0.192. The number of hydrogen-bond acceptors (Lipinski definition) is 1. The Morgan fingerprint density at radius 2 is 1.87 bits per heavy atom. The highest BCUT2D eigenvalue weighted by Gasteiger charge is 2.31. The maximum absolute atomic E-state index is 3.62. The third-order valence-electron chi connectivity index (χ3n) is 3.79. The molecule has 1 heteroatoms. The summed E-state index contributed by atoms with van der Waals surface area (Å²) in [5.74, 6) is 1.83. The second kappa shape index (κ2) is 6.19. The molecule has 1 nitrogen and oxygen atoms in total. The Bertz CT molecular complexity index is 203. The van der Waals surface area contributed by atoms with Gasteiger partial charge in [-0.1, -0.05) is 32.8 Å². The Kier molecular flexibility index (Phi) is 5.21. The normalized spacial score (nSPS) is 31.3. The van der Waals surface area contributed by atoms with Gasteiger partial charge in [-0.2, -0.15) is 0 Å². The molecule has 1 fully saturated rings. The highest BCUT2D eigenvalue weighted by Crippen LogP contribution is 2.35. The molecule has 15 heavy (non-hydrogen) atoms. The summed E-state index contributed by atoms with van der Waals surface area (Å²) >= 11 is 0. The van der Waals surface area contributed by atoms with Gasteiger partial charge in [0, 0.05) is 6.04 Å². The Morgan fingerprint density at radius 1 is 1.20 bits per heavy atom. The molecular weight excluding hydrogens is 182 g/mol. The van der Waals surface area contributed by atoms with Gasteiger partial charge in [0.15, 0.2) is 0 Å². The van der Waals surface area contributed by atoms with E-state index >= 15 is 0 Å². The minimum atomic E-state index is 0.770. The number of hydrogen-bond donors (Lipinski definition) is 1. The fourth-order valence-electron chi connectivity index (χ4n) is 2.51. The predicted octanol–water partition coefficient (Wildman–Crippen LogP) is 4.10. The van der Waals surface area contributed by atoms with Crippen LogP contribution >= 0.6 is 0 Å². The molecule has 1 N–H and O–H groups in total. The van der Waals surface area contributed by atoms with Gasteiger partial charge in [0.2, 0.25) is 0 Å². The topological polar surface area (TPSA) is 12.0 Å². The van der Waals surface area contributed by atoms with Gasteiger partial charge in [-0.3, -0.25) is 0 Å². The summed E-state index contributed by atoms with van der Waals surface area (Å²) in [4.78, 5) is 0. The first-order chi connectivity index (χ1) is 7.27. The molecule has 0 aromatic heterocycles. The van der Waals surface area contributed by atoms with E-state index in [2.05, 4.69) is 25.4 Å². The molecule has 88 valence electrons. The third-order valence-corrected chi connectivity index (χ3v) is 3.79. The average molecular weight is 209 g/mol. The minimum absolute atomic E-state index is 0.770. The summed E-state index contributed by atoms with van der Waals surface area (Å²) in [7, 11) is 0. The van der Waals surface area contributed by atoms with Crippen LogP contribution in [-0.2, 0) is 0 Å². The van der Waals surface area contributed by atoms with Crippen LogP contribution in [0.1, 0.15) is 59.8 Å². The summed E-state index contributed by atoms with van der Waals surface area (Å²) in [6.07, 6.45) is 9.28. The minimum Gasteiger partial charge on any atom is -0.388 e. The van der Waals surface area contributed by atoms with E-state index < -0.39 is 0 Å². The molecule has 1 heterocycles. The maximum atomic E-state index is 3.62. The summed E-state index contributed by atoms with van der Waals surface area (Å²) in [5, 5.41) is 3.62. The summed E-state index contributed by atoms with van der Waals surface area (Å²) in [6, 6.07) is 0.770. The van der Waals surface area contributed by atoms with Crippen molar-refractivity contribution >= 4 is 0 Å². The predicted molar refractivity (Wildman–Crippen MR) is 67.8 cm³/mol.